The van der Waals surface area contributed by atoms with Crippen molar-refractivity contribution in [3.8, 4) is 11.5 Å². The maximum atomic E-state index is 13.9. The van der Waals surface area contributed by atoms with E-state index in [-0.39, 0.29) is 0 Å². The molecule has 0 aliphatic carbocycles. The Labute approximate surface area is 236 Å². The molecule has 206 valence electrons. The van der Waals surface area contributed by atoms with Gasteiger partial charge < -0.3 is 20.1 Å². The number of nitrogens with one attached hydrogen (secondary N) is 2. The van der Waals surface area contributed by atoms with Gasteiger partial charge in [-0.15, -0.1) is 0 Å². The summed E-state index contributed by atoms with van der Waals surface area (Å²) in [5, 5.41) is 13.9. The minimum atomic E-state index is -1.54. The Morgan fingerprint density at radius 2 is 1.27 bits per heavy atom. The first kappa shape index (κ1) is 27.1. The molecule has 2 N–H and O–H groups in total. The van der Waals surface area contributed by atoms with Gasteiger partial charge in [-0.25, -0.2) is 4.79 Å². The topological polar surface area (TPSA) is 122 Å². The van der Waals surface area contributed by atoms with E-state index in [4.69, 9.17) is 9.47 Å². The first-order valence-electron chi connectivity index (χ1n) is 12.7. The van der Waals surface area contributed by atoms with Gasteiger partial charge in [-0.3, -0.25) is 14.5 Å². The van der Waals surface area contributed by atoms with Crippen LogP contribution >= 0.6 is 0 Å². The van der Waals surface area contributed by atoms with Gasteiger partial charge in [0.05, 0.1) is 25.6 Å². The number of rotatable bonds is 9. The van der Waals surface area contributed by atoms with Gasteiger partial charge in [0.25, 0.3) is 5.91 Å². The Kier molecular flexibility index (Phi) is 7.73. The second-order valence-corrected chi connectivity index (χ2v) is 9.16. The first-order valence-corrected chi connectivity index (χ1v) is 12.7. The number of carbonyl (C=O) groups is 3. The number of methoxy groups -OCH3 is 2. The van der Waals surface area contributed by atoms with Crippen molar-refractivity contribution >= 4 is 34.9 Å². The van der Waals surface area contributed by atoms with Crippen molar-refractivity contribution in [3.63, 3.8) is 0 Å². The lowest BCUT2D eigenvalue weighted by atomic mass is 9.82. The van der Waals surface area contributed by atoms with Crippen molar-refractivity contribution in [2.45, 2.75) is 5.54 Å². The summed E-state index contributed by atoms with van der Waals surface area (Å²) in [5.74, 6) is 0.0791. The molecule has 5 rings (SSSR count). The lowest BCUT2D eigenvalue weighted by Gasteiger charge is -2.28. The third-order valence-electron chi connectivity index (χ3n) is 6.64. The van der Waals surface area contributed by atoms with Gasteiger partial charge in [-0.1, -0.05) is 42.5 Å². The summed E-state index contributed by atoms with van der Waals surface area (Å²) < 4.78 is 10.5. The third kappa shape index (κ3) is 5.62. The standard InChI is InChI=1S/C31H27N5O5/c1-40-26-16-8-21(9-17-26)31(22-10-18-27(41-2)19-11-22)29(38)36(30(39)33-31)20-28(37)32-23-12-14-25(15-13-23)35-34-24-6-4-3-5-7-24/h3-19H,20H2,1-2H3,(H,32,37)(H,33,39). The minimum absolute atomic E-state index is 0.478. The zero-order valence-electron chi connectivity index (χ0n) is 22.4. The summed E-state index contributed by atoms with van der Waals surface area (Å²) in [6, 6.07) is 29.0. The summed E-state index contributed by atoms with van der Waals surface area (Å²) >= 11 is 0. The van der Waals surface area contributed by atoms with E-state index >= 15 is 0 Å². The van der Waals surface area contributed by atoms with Gasteiger partial charge in [0.2, 0.25) is 5.91 Å². The molecule has 1 aliphatic rings. The number of hydrogen-bond acceptors (Lipinski definition) is 7. The molecular formula is C31H27N5O5. The monoisotopic (exact) mass is 549 g/mol. The van der Waals surface area contributed by atoms with Crippen LogP contribution < -0.4 is 20.1 Å². The SMILES string of the molecule is COc1ccc(C2(c3ccc(OC)cc3)NC(=O)N(CC(=O)Nc3ccc(N=Nc4ccccc4)cc3)C2=O)cc1. The fourth-order valence-corrected chi connectivity index (χ4v) is 4.53. The van der Waals surface area contributed by atoms with Crippen molar-refractivity contribution in [1.29, 1.82) is 0 Å². The first-order chi connectivity index (χ1) is 19.9. The van der Waals surface area contributed by atoms with Crippen molar-refractivity contribution < 1.29 is 23.9 Å². The second kappa shape index (κ2) is 11.7. The van der Waals surface area contributed by atoms with Gasteiger partial charge in [-0.05, 0) is 71.8 Å². The fourth-order valence-electron chi connectivity index (χ4n) is 4.53. The van der Waals surface area contributed by atoms with Crippen LogP contribution in [0.2, 0.25) is 0 Å². The molecule has 10 heteroatoms. The van der Waals surface area contributed by atoms with E-state index in [1.165, 1.54) is 0 Å². The molecule has 0 bridgehead atoms. The van der Waals surface area contributed by atoms with E-state index in [0.29, 0.717) is 34.0 Å². The zero-order valence-corrected chi connectivity index (χ0v) is 22.4. The van der Waals surface area contributed by atoms with Crippen LogP contribution in [-0.4, -0.2) is 43.5 Å². The van der Waals surface area contributed by atoms with Crippen molar-refractivity contribution in [3.05, 3.63) is 114 Å². The summed E-state index contributed by atoms with van der Waals surface area (Å²) in [4.78, 5) is 41.0. The van der Waals surface area contributed by atoms with Crippen LogP contribution in [-0.2, 0) is 15.1 Å². The van der Waals surface area contributed by atoms with Crippen molar-refractivity contribution in [2.24, 2.45) is 10.2 Å². The van der Waals surface area contributed by atoms with E-state index in [1.54, 1.807) is 87.0 Å². The highest BCUT2D eigenvalue weighted by Gasteiger charge is 2.54. The molecule has 41 heavy (non-hydrogen) atoms. The number of benzene rings is 4. The number of hydrogen-bond donors (Lipinski definition) is 2. The molecule has 0 saturated carbocycles. The average molecular weight is 550 g/mol. The fraction of sp³-hybridized carbons (Fsp3) is 0.129. The van der Waals surface area contributed by atoms with Gasteiger partial charge in [-0.2, -0.15) is 10.2 Å². The average Bonchev–Trinajstić information content (AvgIpc) is 3.27. The second-order valence-electron chi connectivity index (χ2n) is 9.16. The Morgan fingerprint density at radius 3 is 1.78 bits per heavy atom. The smallest absolute Gasteiger partial charge is 0.326 e. The molecule has 1 aliphatic heterocycles. The highest BCUT2D eigenvalue weighted by molar-refractivity contribution is 6.12. The van der Waals surface area contributed by atoms with E-state index in [2.05, 4.69) is 20.9 Å². The Morgan fingerprint density at radius 1 is 0.756 bits per heavy atom. The third-order valence-corrected chi connectivity index (χ3v) is 6.64. The molecule has 1 heterocycles. The minimum Gasteiger partial charge on any atom is -0.497 e. The summed E-state index contributed by atoms with van der Waals surface area (Å²) in [7, 11) is 3.08. The zero-order chi connectivity index (χ0) is 28.8. The van der Waals surface area contributed by atoms with Crippen LogP contribution in [0.4, 0.5) is 21.9 Å². The number of carbonyl (C=O) groups excluding carboxylic acids is 3. The lowest BCUT2D eigenvalue weighted by molar-refractivity contribution is -0.133. The maximum Gasteiger partial charge on any atom is 0.326 e. The lowest BCUT2D eigenvalue weighted by Crippen LogP contribution is -2.45. The Bertz CT molecular complexity index is 1520. The number of nitrogens with zero attached hydrogens (tertiary/aromatic N) is 3. The van der Waals surface area contributed by atoms with E-state index in [1.807, 2.05) is 30.3 Å². The molecule has 0 atom stereocenters. The number of amides is 4. The molecule has 0 radical (unpaired) electrons. The molecule has 4 aromatic rings. The molecule has 4 aromatic carbocycles. The highest BCUT2D eigenvalue weighted by atomic mass is 16.5. The van der Waals surface area contributed by atoms with E-state index in [9.17, 15) is 14.4 Å². The Hall–Kier alpha value is -5.51. The van der Waals surface area contributed by atoms with Crippen LogP contribution in [0.5, 0.6) is 11.5 Å². The number of imide groups is 1. The Balaban J connectivity index is 1.34. The number of urea groups is 1. The molecule has 1 fully saturated rings. The molecule has 10 nitrogen and oxygen atoms in total. The molecule has 0 unspecified atom stereocenters. The van der Waals surface area contributed by atoms with E-state index < -0.39 is 29.9 Å². The van der Waals surface area contributed by atoms with Crippen molar-refractivity contribution in [2.75, 3.05) is 26.1 Å². The molecular weight excluding hydrogens is 522 g/mol. The molecule has 0 aromatic heterocycles. The van der Waals surface area contributed by atoms with Crippen LogP contribution in [0.1, 0.15) is 11.1 Å². The van der Waals surface area contributed by atoms with Gasteiger partial charge in [0, 0.05) is 5.69 Å². The highest BCUT2D eigenvalue weighted by Crippen LogP contribution is 2.37. The van der Waals surface area contributed by atoms with Crippen LogP contribution in [0, 0.1) is 0 Å². The largest absolute Gasteiger partial charge is 0.497 e. The number of anilines is 1. The predicted octanol–water partition coefficient (Wildman–Crippen LogP) is 5.55. The van der Waals surface area contributed by atoms with Crippen molar-refractivity contribution in [1.82, 2.24) is 10.2 Å². The molecule has 4 amide bonds. The maximum absolute atomic E-state index is 13.9. The predicted molar refractivity (Wildman–Crippen MR) is 153 cm³/mol. The van der Waals surface area contributed by atoms with Gasteiger partial charge in [0.15, 0.2) is 5.54 Å². The van der Waals surface area contributed by atoms with Gasteiger partial charge >= 0.3 is 6.03 Å². The summed E-state index contributed by atoms with van der Waals surface area (Å²) in [5.41, 5.74) is 1.30. The van der Waals surface area contributed by atoms with Crippen LogP contribution in [0.25, 0.3) is 0 Å². The summed E-state index contributed by atoms with van der Waals surface area (Å²) in [6.07, 6.45) is 0. The summed E-state index contributed by atoms with van der Waals surface area (Å²) in [6.45, 7) is -0.478. The molecule has 0 spiro atoms. The van der Waals surface area contributed by atoms with Gasteiger partial charge in [0.1, 0.15) is 18.0 Å². The van der Waals surface area contributed by atoms with Crippen LogP contribution in [0.3, 0.4) is 0 Å². The number of azo groups is 1. The molecule has 1 saturated heterocycles. The van der Waals surface area contributed by atoms with E-state index in [0.717, 1.165) is 10.6 Å². The number of ether oxygens (including phenoxy) is 2. The normalized spacial score (nSPS) is 14.1. The quantitative estimate of drug-likeness (QED) is 0.209. The van der Waals surface area contributed by atoms with Crippen LogP contribution in [0.15, 0.2) is 113 Å².